The minimum atomic E-state index is -0.680. The van der Waals surface area contributed by atoms with Crippen LogP contribution < -0.4 is 10.2 Å². The summed E-state index contributed by atoms with van der Waals surface area (Å²) in [4.78, 5) is 26.3. The van der Waals surface area contributed by atoms with Crippen LogP contribution in [0.3, 0.4) is 0 Å². The summed E-state index contributed by atoms with van der Waals surface area (Å²) < 4.78 is 13.9. The van der Waals surface area contributed by atoms with E-state index in [0.717, 1.165) is 0 Å². The maximum Gasteiger partial charge on any atom is 0.252 e. The summed E-state index contributed by atoms with van der Waals surface area (Å²) in [6.07, 6.45) is 0.422. The van der Waals surface area contributed by atoms with Crippen LogP contribution in [0.1, 0.15) is 16.8 Å². The van der Waals surface area contributed by atoms with Gasteiger partial charge in [-0.25, -0.2) is 4.39 Å². The molecule has 2 aromatic carbocycles. The molecule has 1 aliphatic heterocycles. The van der Waals surface area contributed by atoms with E-state index in [9.17, 15) is 14.0 Å². The minimum absolute atomic E-state index is 0.230. The van der Waals surface area contributed by atoms with E-state index < -0.39 is 11.9 Å². The van der Waals surface area contributed by atoms with E-state index in [2.05, 4.69) is 20.7 Å². The van der Waals surface area contributed by atoms with Crippen LogP contribution >= 0.6 is 0 Å². The number of nitrogens with zero attached hydrogens (tertiary/aromatic N) is 3. The van der Waals surface area contributed by atoms with Gasteiger partial charge in [0.1, 0.15) is 22.9 Å². The Kier molecular flexibility index (Phi) is 3.64. The molecule has 0 spiro atoms. The number of carbonyl (C=O) groups is 2. The monoisotopic (exact) mass is 339 g/mol. The molecule has 7 nitrogen and oxygen atoms in total. The third kappa shape index (κ3) is 2.71. The van der Waals surface area contributed by atoms with E-state index in [4.69, 9.17) is 0 Å². The molecular weight excluding hydrogens is 325 g/mol. The minimum Gasteiger partial charge on any atom is -0.340 e. The summed E-state index contributed by atoms with van der Waals surface area (Å²) in [5, 5.41) is 13.1. The molecule has 0 radical (unpaired) electrons. The number of aromatic amines is 1. The Balaban J connectivity index is 1.50. The largest absolute Gasteiger partial charge is 0.340 e. The Hall–Kier alpha value is -3.29. The van der Waals surface area contributed by atoms with Crippen molar-refractivity contribution in [1.29, 1.82) is 0 Å². The lowest BCUT2D eigenvalue weighted by Crippen LogP contribution is -2.41. The molecule has 0 saturated carbocycles. The van der Waals surface area contributed by atoms with Gasteiger partial charge in [-0.15, -0.1) is 0 Å². The second-order valence-electron chi connectivity index (χ2n) is 5.78. The number of para-hydroxylation sites is 1. The van der Waals surface area contributed by atoms with Crippen molar-refractivity contribution in [2.45, 2.75) is 12.5 Å². The smallest absolute Gasteiger partial charge is 0.252 e. The average molecular weight is 339 g/mol. The number of amides is 2. The van der Waals surface area contributed by atoms with Crippen molar-refractivity contribution in [3.8, 4) is 0 Å². The molecule has 4 rings (SSSR count). The van der Waals surface area contributed by atoms with Crippen LogP contribution in [0.25, 0.3) is 11.0 Å². The summed E-state index contributed by atoms with van der Waals surface area (Å²) in [5.74, 6) is -1.15. The fourth-order valence-electron chi connectivity index (χ4n) is 2.95. The quantitative estimate of drug-likeness (QED) is 0.759. The van der Waals surface area contributed by atoms with Gasteiger partial charge in [-0.2, -0.15) is 15.4 Å². The first kappa shape index (κ1) is 15.3. The van der Waals surface area contributed by atoms with Crippen LogP contribution in [0.15, 0.2) is 42.5 Å². The van der Waals surface area contributed by atoms with Gasteiger partial charge in [0.15, 0.2) is 0 Å². The number of rotatable bonds is 3. The van der Waals surface area contributed by atoms with Crippen LogP contribution in [-0.2, 0) is 4.79 Å². The Morgan fingerprint density at radius 1 is 1.20 bits per heavy atom. The van der Waals surface area contributed by atoms with Crippen molar-refractivity contribution in [3.63, 3.8) is 0 Å². The normalized spacial score (nSPS) is 17.2. The molecule has 1 atom stereocenters. The van der Waals surface area contributed by atoms with Gasteiger partial charge in [-0.05, 0) is 36.8 Å². The Morgan fingerprint density at radius 2 is 2.00 bits per heavy atom. The predicted molar refractivity (Wildman–Crippen MR) is 88.5 cm³/mol. The summed E-state index contributed by atoms with van der Waals surface area (Å²) in [7, 11) is 0. The number of aromatic nitrogens is 3. The maximum atomic E-state index is 13.9. The molecule has 2 N–H and O–H groups in total. The molecule has 2 amide bonds. The number of hydrogen-bond acceptors (Lipinski definition) is 4. The molecule has 3 aromatic rings. The van der Waals surface area contributed by atoms with E-state index in [-0.39, 0.29) is 17.5 Å². The van der Waals surface area contributed by atoms with Gasteiger partial charge in [-0.1, -0.05) is 12.1 Å². The summed E-state index contributed by atoms with van der Waals surface area (Å²) in [6.45, 7) is 0.354. The third-order valence-electron chi connectivity index (χ3n) is 4.23. The highest BCUT2D eigenvalue weighted by Crippen LogP contribution is 2.24. The number of fused-ring (bicyclic) bond motifs is 1. The van der Waals surface area contributed by atoms with Crippen molar-refractivity contribution < 1.29 is 14.0 Å². The van der Waals surface area contributed by atoms with Crippen LogP contribution in [-0.4, -0.2) is 39.8 Å². The molecule has 8 heteroatoms. The van der Waals surface area contributed by atoms with Crippen molar-refractivity contribution >= 4 is 28.5 Å². The molecule has 2 heterocycles. The van der Waals surface area contributed by atoms with Crippen molar-refractivity contribution in [3.05, 3.63) is 53.8 Å². The standard InChI is InChI=1S/C17H14FN5O2/c18-11-3-1-2-4-15(11)23-8-7-13(17(23)25)19-16(24)10-5-6-12-14(9-10)21-22-20-12/h1-6,9,13H,7-8H2,(H,19,24)(H,20,21,22). The second-order valence-corrected chi connectivity index (χ2v) is 5.78. The van der Waals surface area contributed by atoms with Gasteiger partial charge in [0.05, 0.1) is 5.69 Å². The number of benzene rings is 2. The molecule has 1 aliphatic rings. The predicted octanol–water partition coefficient (Wildman–Crippen LogP) is 1.63. The summed E-state index contributed by atoms with van der Waals surface area (Å²) in [5.41, 5.74) is 1.84. The molecule has 1 unspecified atom stereocenters. The van der Waals surface area contributed by atoms with Crippen molar-refractivity contribution in [2.24, 2.45) is 0 Å². The zero-order chi connectivity index (χ0) is 17.4. The fraction of sp³-hybridized carbons (Fsp3) is 0.176. The number of anilines is 1. The highest BCUT2D eigenvalue weighted by atomic mass is 19.1. The number of carbonyl (C=O) groups excluding carboxylic acids is 2. The lowest BCUT2D eigenvalue weighted by atomic mass is 10.1. The summed E-state index contributed by atoms with van der Waals surface area (Å²) in [6, 6.07) is 10.3. The summed E-state index contributed by atoms with van der Waals surface area (Å²) >= 11 is 0. The highest BCUT2D eigenvalue weighted by Gasteiger charge is 2.34. The lowest BCUT2D eigenvalue weighted by molar-refractivity contribution is -0.118. The van der Waals surface area contributed by atoms with Crippen molar-refractivity contribution in [1.82, 2.24) is 20.7 Å². The highest BCUT2D eigenvalue weighted by molar-refractivity contribution is 6.04. The molecule has 0 aliphatic carbocycles. The first-order chi connectivity index (χ1) is 12.1. The van der Waals surface area contributed by atoms with Gasteiger partial charge >= 0.3 is 0 Å². The number of H-pyrrole nitrogens is 1. The van der Waals surface area contributed by atoms with Gasteiger partial charge in [-0.3, -0.25) is 9.59 Å². The van der Waals surface area contributed by atoms with Crippen LogP contribution in [0.2, 0.25) is 0 Å². The maximum absolute atomic E-state index is 13.9. The first-order valence-electron chi connectivity index (χ1n) is 7.81. The van der Waals surface area contributed by atoms with Gasteiger partial charge < -0.3 is 10.2 Å². The molecule has 1 fully saturated rings. The van der Waals surface area contributed by atoms with Gasteiger partial charge in [0, 0.05) is 12.1 Å². The third-order valence-corrected chi connectivity index (χ3v) is 4.23. The number of nitrogens with one attached hydrogen (secondary N) is 2. The van der Waals surface area contributed by atoms with Crippen LogP contribution in [0, 0.1) is 5.82 Å². The number of halogens is 1. The van der Waals surface area contributed by atoms with Gasteiger partial charge in [0.2, 0.25) is 5.91 Å². The lowest BCUT2D eigenvalue weighted by Gasteiger charge is -2.17. The second kappa shape index (κ2) is 5.97. The van der Waals surface area contributed by atoms with E-state index in [1.807, 2.05) is 0 Å². The Bertz CT molecular complexity index is 970. The Morgan fingerprint density at radius 3 is 2.84 bits per heavy atom. The van der Waals surface area contributed by atoms with E-state index in [1.165, 1.54) is 11.0 Å². The molecule has 25 heavy (non-hydrogen) atoms. The first-order valence-corrected chi connectivity index (χ1v) is 7.81. The molecule has 0 bridgehead atoms. The fourth-order valence-corrected chi connectivity index (χ4v) is 2.95. The van der Waals surface area contributed by atoms with E-state index in [1.54, 1.807) is 36.4 Å². The molecule has 1 saturated heterocycles. The molecule has 126 valence electrons. The zero-order valence-electron chi connectivity index (χ0n) is 13.1. The molecule has 1 aromatic heterocycles. The zero-order valence-corrected chi connectivity index (χ0v) is 13.1. The van der Waals surface area contributed by atoms with Crippen molar-refractivity contribution in [2.75, 3.05) is 11.4 Å². The van der Waals surface area contributed by atoms with Crippen LogP contribution in [0.4, 0.5) is 10.1 Å². The topological polar surface area (TPSA) is 91.0 Å². The van der Waals surface area contributed by atoms with E-state index in [0.29, 0.717) is 29.6 Å². The SMILES string of the molecule is O=C(NC1CCN(c2ccccc2F)C1=O)c1ccc2n[nH]nc2c1. The van der Waals surface area contributed by atoms with E-state index >= 15 is 0 Å². The van der Waals surface area contributed by atoms with Crippen LogP contribution in [0.5, 0.6) is 0 Å². The van der Waals surface area contributed by atoms with Gasteiger partial charge in [0.25, 0.3) is 5.91 Å². The number of hydrogen-bond donors (Lipinski definition) is 2. The molecular formula is C17H14FN5O2. The average Bonchev–Trinajstić information content (AvgIpc) is 3.22. The Labute approximate surface area is 141 Å².